The zero-order valence-electron chi connectivity index (χ0n) is 19.3. The molecule has 2 aromatic rings. The highest BCUT2D eigenvalue weighted by Crippen LogP contribution is 2.52. The summed E-state index contributed by atoms with van der Waals surface area (Å²) in [5.74, 6) is -2.78. The van der Waals surface area contributed by atoms with E-state index >= 15 is 0 Å². The average Bonchev–Trinajstić information content (AvgIpc) is 3.36. The number of halogens is 1. The van der Waals surface area contributed by atoms with E-state index in [2.05, 4.69) is 5.32 Å². The number of carbonyl (C=O) groups is 3. The number of nitrogens with zero attached hydrogens (tertiary/aromatic N) is 1. The van der Waals surface area contributed by atoms with Crippen molar-refractivity contribution in [3.8, 4) is 11.5 Å². The summed E-state index contributed by atoms with van der Waals surface area (Å²) in [6.07, 6.45) is 2.12. The Labute approximate surface area is 206 Å². The molecular formula is C25H25FN2O6S. The highest BCUT2D eigenvalue weighted by Gasteiger charge is 2.69. The van der Waals surface area contributed by atoms with Crippen LogP contribution < -0.4 is 19.7 Å². The summed E-state index contributed by atoms with van der Waals surface area (Å²) in [5, 5.41) is 3.19. The molecule has 5 rings (SSSR count). The second-order valence-corrected chi connectivity index (χ2v) is 9.68. The molecule has 2 saturated heterocycles. The molecule has 0 aliphatic carbocycles. The van der Waals surface area contributed by atoms with Crippen molar-refractivity contribution in [2.75, 3.05) is 37.2 Å². The number of esters is 1. The lowest BCUT2D eigenvalue weighted by molar-refractivity contribution is -0.152. The van der Waals surface area contributed by atoms with Crippen LogP contribution in [0.4, 0.5) is 10.1 Å². The number of hydrogen-bond donors (Lipinski definition) is 1. The molecule has 0 saturated carbocycles. The number of ether oxygens (including phenoxy) is 3. The fourth-order valence-electron chi connectivity index (χ4n) is 5.39. The molecule has 3 heterocycles. The fourth-order valence-corrected chi connectivity index (χ4v) is 5.91. The number of methoxy groups -OCH3 is 1. The molecule has 2 aromatic carbocycles. The Kier molecular flexibility index (Phi) is 6.18. The number of nitrogens with one attached hydrogen (secondary N) is 1. The van der Waals surface area contributed by atoms with Gasteiger partial charge in [-0.05, 0) is 36.6 Å². The highest BCUT2D eigenvalue weighted by molar-refractivity contribution is 7.98. The largest absolute Gasteiger partial charge is 0.486 e. The van der Waals surface area contributed by atoms with Crippen molar-refractivity contribution in [2.24, 2.45) is 11.8 Å². The molecule has 4 atom stereocenters. The number of imide groups is 1. The van der Waals surface area contributed by atoms with Crippen LogP contribution in [0.2, 0.25) is 0 Å². The predicted octanol–water partition coefficient (Wildman–Crippen LogP) is 2.71. The summed E-state index contributed by atoms with van der Waals surface area (Å²) < 4.78 is 31.2. The zero-order valence-corrected chi connectivity index (χ0v) is 20.1. The van der Waals surface area contributed by atoms with Gasteiger partial charge in [0.15, 0.2) is 11.5 Å². The summed E-state index contributed by atoms with van der Waals surface area (Å²) in [6.45, 7) is 0.758. The van der Waals surface area contributed by atoms with E-state index in [0.717, 1.165) is 4.90 Å². The van der Waals surface area contributed by atoms with E-state index < -0.39 is 47.0 Å². The molecule has 35 heavy (non-hydrogen) atoms. The molecule has 0 radical (unpaired) electrons. The molecule has 2 amide bonds. The van der Waals surface area contributed by atoms with Gasteiger partial charge in [-0.1, -0.05) is 18.2 Å². The quantitative estimate of drug-likeness (QED) is 0.478. The first-order chi connectivity index (χ1) is 16.9. The molecular weight excluding hydrogens is 475 g/mol. The first kappa shape index (κ1) is 23.6. The maximum Gasteiger partial charge on any atom is 0.326 e. The second-order valence-electron chi connectivity index (χ2n) is 8.69. The lowest BCUT2D eigenvalue weighted by Crippen LogP contribution is -2.56. The number of carbonyl (C=O) groups excluding carboxylic acids is 3. The van der Waals surface area contributed by atoms with Crippen molar-refractivity contribution in [2.45, 2.75) is 18.0 Å². The summed E-state index contributed by atoms with van der Waals surface area (Å²) in [5.41, 5.74) is -0.942. The lowest BCUT2D eigenvalue weighted by atomic mass is 9.78. The lowest BCUT2D eigenvalue weighted by Gasteiger charge is -2.32. The molecule has 8 nitrogen and oxygen atoms in total. The summed E-state index contributed by atoms with van der Waals surface area (Å²) in [7, 11) is 1.25. The maximum absolute atomic E-state index is 14.9. The van der Waals surface area contributed by atoms with Crippen LogP contribution in [0.1, 0.15) is 18.0 Å². The minimum atomic E-state index is -1.48. The third-order valence-electron chi connectivity index (χ3n) is 6.93. The standard InChI is InChI=1S/C25H25FN2O6S/c1-32-24(31)25(9-12-35-2)20-19(21(27-25)15-5-3-4-6-16(15)26)22(29)28(23(20)30)14-7-8-17-18(13-14)34-11-10-33-17/h3-8,13,19-21,27H,9-12H2,1-2H3/t19-,20+,21-,25-/m1/s1. The van der Waals surface area contributed by atoms with E-state index in [1.807, 2.05) is 6.26 Å². The maximum atomic E-state index is 14.9. The van der Waals surface area contributed by atoms with Crippen molar-refractivity contribution in [3.63, 3.8) is 0 Å². The summed E-state index contributed by atoms with van der Waals surface area (Å²) in [4.78, 5) is 42.1. The Morgan fingerprint density at radius 2 is 1.91 bits per heavy atom. The molecule has 0 unspecified atom stereocenters. The molecule has 2 fully saturated rings. The average molecular weight is 501 g/mol. The number of thioether (sulfide) groups is 1. The highest BCUT2D eigenvalue weighted by atomic mass is 32.2. The van der Waals surface area contributed by atoms with Crippen LogP contribution >= 0.6 is 11.8 Å². The Hall–Kier alpha value is -3.11. The second kappa shape index (κ2) is 9.16. The third-order valence-corrected chi connectivity index (χ3v) is 7.54. The number of rotatable bonds is 6. The van der Waals surface area contributed by atoms with Gasteiger partial charge in [-0.25, -0.2) is 9.29 Å². The first-order valence-corrected chi connectivity index (χ1v) is 12.7. The van der Waals surface area contributed by atoms with Crippen LogP contribution in [0.25, 0.3) is 0 Å². The smallest absolute Gasteiger partial charge is 0.326 e. The van der Waals surface area contributed by atoms with Gasteiger partial charge < -0.3 is 14.2 Å². The van der Waals surface area contributed by atoms with Gasteiger partial charge in [0, 0.05) is 17.7 Å². The monoisotopic (exact) mass is 500 g/mol. The Morgan fingerprint density at radius 1 is 1.17 bits per heavy atom. The molecule has 3 aliphatic heterocycles. The van der Waals surface area contributed by atoms with Gasteiger partial charge in [0.2, 0.25) is 11.8 Å². The van der Waals surface area contributed by atoms with Crippen LogP contribution in [0.3, 0.4) is 0 Å². The molecule has 3 aliphatic rings. The van der Waals surface area contributed by atoms with Crippen LogP contribution in [-0.4, -0.2) is 55.7 Å². The number of benzene rings is 2. The van der Waals surface area contributed by atoms with Crippen molar-refractivity contribution >= 4 is 35.2 Å². The van der Waals surface area contributed by atoms with Crippen LogP contribution in [0, 0.1) is 17.7 Å². The van der Waals surface area contributed by atoms with E-state index in [1.165, 1.54) is 24.9 Å². The van der Waals surface area contributed by atoms with Gasteiger partial charge >= 0.3 is 5.97 Å². The van der Waals surface area contributed by atoms with Crippen molar-refractivity contribution < 1.29 is 33.0 Å². The van der Waals surface area contributed by atoms with Gasteiger partial charge in [-0.2, -0.15) is 11.8 Å². The van der Waals surface area contributed by atoms with Crippen molar-refractivity contribution in [1.29, 1.82) is 0 Å². The Balaban J connectivity index is 1.63. The van der Waals surface area contributed by atoms with E-state index in [9.17, 15) is 18.8 Å². The molecule has 0 bridgehead atoms. The van der Waals surface area contributed by atoms with E-state index in [4.69, 9.17) is 14.2 Å². The van der Waals surface area contributed by atoms with E-state index in [1.54, 1.807) is 36.4 Å². The number of hydrogen-bond acceptors (Lipinski definition) is 8. The van der Waals surface area contributed by atoms with Gasteiger partial charge in [-0.15, -0.1) is 0 Å². The van der Waals surface area contributed by atoms with Gasteiger partial charge in [0.1, 0.15) is 24.6 Å². The normalized spacial score (nSPS) is 27.2. The number of anilines is 1. The fraction of sp³-hybridized carbons (Fsp3) is 0.400. The van der Waals surface area contributed by atoms with Crippen LogP contribution in [0.15, 0.2) is 42.5 Å². The topological polar surface area (TPSA) is 94.2 Å². The van der Waals surface area contributed by atoms with Gasteiger partial charge in [0.05, 0.1) is 24.6 Å². The minimum Gasteiger partial charge on any atom is -0.486 e. The van der Waals surface area contributed by atoms with Crippen LogP contribution in [0.5, 0.6) is 11.5 Å². The summed E-state index contributed by atoms with van der Waals surface area (Å²) >= 11 is 1.50. The zero-order chi connectivity index (χ0) is 24.7. The molecule has 184 valence electrons. The van der Waals surface area contributed by atoms with E-state index in [-0.39, 0.29) is 12.0 Å². The SMILES string of the molecule is COC(=O)[C@]1(CCSC)N[C@H](c2ccccc2F)[C@@H]2C(=O)N(c3ccc4c(c3)OCCO4)C(=O)[C@H]21. The first-order valence-electron chi connectivity index (χ1n) is 11.3. The van der Waals surface area contributed by atoms with Crippen molar-refractivity contribution in [1.82, 2.24) is 5.32 Å². The van der Waals surface area contributed by atoms with Crippen molar-refractivity contribution in [3.05, 3.63) is 53.8 Å². The van der Waals surface area contributed by atoms with Gasteiger partial charge in [0.25, 0.3) is 0 Å². The van der Waals surface area contributed by atoms with Crippen LogP contribution in [-0.2, 0) is 19.1 Å². The minimum absolute atomic E-state index is 0.225. The molecule has 0 aromatic heterocycles. The molecule has 10 heteroatoms. The predicted molar refractivity (Wildman–Crippen MR) is 127 cm³/mol. The Morgan fingerprint density at radius 3 is 2.63 bits per heavy atom. The number of amides is 2. The molecule has 0 spiro atoms. The number of fused-ring (bicyclic) bond motifs is 2. The third kappa shape index (κ3) is 3.66. The summed E-state index contributed by atoms with van der Waals surface area (Å²) in [6, 6.07) is 10.0. The Bertz CT molecular complexity index is 1190. The molecule has 1 N–H and O–H groups in total. The van der Waals surface area contributed by atoms with E-state index in [0.29, 0.717) is 36.2 Å². The van der Waals surface area contributed by atoms with Gasteiger partial charge in [-0.3, -0.25) is 19.7 Å².